The molecular weight excluding hydrogens is 574 g/mol. The maximum Gasteiger partial charge on any atom is 0.127 e. The van der Waals surface area contributed by atoms with Crippen LogP contribution >= 0.6 is 15.8 Å². The normalized spacial score (nSPS) is 15.4. The van der Waals surface area contributed by atoms with Crippen molar-refractivity contribution in [2.75, 3.05) is 13.2 Å². The molecule has 0 aromatic heterocycles. The molecular formula is C40H36O2P2. The standard InChI is InChI=1S/C40H36O2P2/c1-3-18-36-39(31(2)43(32-19-8-4-9-20-32)33-21-10-5-11-22-33)40-37(42-30-17-29-41-36)27-16-28-38(40)44(34-23-12-6-13-24-34)35-25-14-7-15-26-35/h3-16,18-28H,1,17,29-30H2,2H3/b36-18+,39-31-. The van der Waals surface area contributed by atoms with Crippen molar-refractivity contribution in [1.29, 1.82) is 0 Å². The minimum absolute atomic E-state index is 0.570. The van der Waals surface area contributed by atoms with Gasteiger partial charge in [0.15, 0.2) is 0 Å². The fourth-order valence-electron chi connectivity index (χ4n) is 5.68. The quantitative estimate of drug-likeness (QED) is 0.173. The average Bonchev–Trinajstić information content (AvgIpc) is 3.16. The Kier molecular flexibility index (Phi) is 9.83. The Morgan fingerprint density at radius 3 is 1.64 bits per heavy atom. The molecule has 0 saturated heterocycles. The lowest BCUT2D eigenvalue weighted by Gasteiger charge is -2.29. The predicted octanol–water partition coefficient (Wildman–Crippen LogP) is 8.18. The summed E-state index contributed by atoms with van der Waals surface area (Å²) < 4.78 is 13.3. The van der Waals surface area contributed by atoms with Crippen LogP contribution in [0.15, 0.2) is 169 Å². The van der Waals surface area contributed by atoms with Crippen molar-refractivity contribution < 1.29 is 9.47 Å². The van der Waals surface area contributed by atoms with Gasteiger partial charge in [-0.3, -0.25) is 0 Å². The summed E-state index contributed by atoms with van der Waals surface area (Å²) in [5.74, 6) is 1.74. The van der Waals surface area contributed by atoms with Crippen molar-refractivity contribution in [3.05, 3.63) is 175 Å². The van der Waals surface area contributed by atoms with Crippen LogP contribution in [0.25, 0.3) is 5.57 Å². The van der Waals surface area contributed by atoms with Gasteiger partial charge in [0, 0.05) is 17.6 Å². The first-order valence-electron chi connectivity index (χ1n) is 15.0. The lowest BCUT2D eigenvalue weighted by Crippen LogP contribution is -2.24. The van der Waals surface area contributed by atoms with E-state index in [1.165, 1.54) is 31.8 Å². The summed E-state index contributed by atoms with van der Waals surface area (Å²) >= 11 is 0. The molecule has 218 valence electrons. The molecule has 0 spiro atoms. The van der Waals surface area contributed by atoms with E-state index >= 15 is 0 Å². The number of hydrogen-bond acceptors (Lipinski definition) is 2. The minimum atomic E-state index is -0.913. The Balaban J connectivity index is 1.71. The summed E-state index contributed by atoms with van der Waals surface area (Å²) in [4.78, 5) is 0. The molecule has 0 radical (unpaired) electrons. The van der Waals surface area contributed by atoms with E-state index < -0.39 is 15.8 Å². The first kappa shape index (κ1) is 29.8. The third-order valence-electron chi connectivity index (χ3n) is 7.57. The van der Waals surface area contributed by atoms with Gasteiger partial charge in [-0.2, -0.15) is 0 Å². The molecule has 0 N–H and O–H groups in total. The summed E-state index contributed by atoms with van der Waals surface area (Å²) in [5.41, 5.74) is 2.20. The Labute approximate surface area is 263 Å². The van der Waals surface area contributed by atoms with Crippen molar-refractivity contribution in [1.82, 2.24) is 0 Å². The third kappa shape index (κ3) is 6.48. The first-order valence-corrected chi connectivity index (χ1v) is 17.7. The van der Waals surface area contributed by atoms with Crippen LogP contribution in [0.4, 0.5) is 0 Å². The van der Waals surface area contributed by atoms with E-state index in [-0.39, 0.29) is 0 Å². The van der Waals surface area contributed by atoms with Crippen LogP contribution in [0.2, 0.25) is 0 Å². The van der Waals surface area contributed by atoms with Gasteiger partial charge in [-0.25, -0.2) is 0 Å². The van der Waals surface area contributed by atoms with Crippen LogP contribution in [0.5, 0.6) is 5.75 Å². The first-order chi connectivity index (χ1) is 21.8. The monoisotopic (exact) mass is 610 g/mol. The number of rotatable bonds is 7. The molecule has 1 aliphatic rings. The number of hydrogen-bond donors (Lipinski definition) is 0. The van der Waals surface area contributed by atoms with Crippen LogP contribution in [0, 0.1) is 0 Å². The SMILES string of the molecule is C=C/C=C1/OCCCOc2cccc(P(c3ccccc3)c3ccccc3)c2/C1=C(/C)P(c1ccccc1)c1ccccc1. The Bertz CT molecular complexity index is 1670. The van der Waals surface area contributed by atoms with Crippen molar-refractivity contribution in [3.63, 3.8) is 0 Å². The largest absolute Gasteiger partial charge is 0.493 e. The van der Waals surface area contributed by atoms with Crippen molar-refractivity contribution in [3.8, 4) is 5.75 Å². The molecule has 2 nitrogen and oxygen atoms in total. The predicted molar refractivity (Wildman–Crippen MR) is 191 cm³/mol. The van der Waals surface area contributed by atoms with Gasteiger partial charge in [-0.15, -0.1) is 0 Å². The van der Waals surface area contributed by atoms with Gasteiger partial charge in [0.2, 0.25) is 0 Å². The second-order valence-electron chi connectivity index (χ2n) is 10.4. The average molecular weight is 611 g/mol. The highest BCUT2D eigenvalue weighted by Gasteiger charge is 2.30. The molecule has 5 aromatic rings. The van der Waals surface area contributed by atoms with E-state index in [2.05, 4.69) is 153 Å². The van der Waals surface area contributed by atoms with Crippen molar-refractivity contribution >= 4 is 47.9 Å². The van der Waals surface area contributed by atoms with Gasteiger partial charge in [0.05, 0.1) is 13.2 Å². The van der Waals surface area contributed by atoms with Gasteiger partial charge < -0.3 is 9.47 Å². The highest BCUT2D eigenvalue weighted by atomic mass is 31.1. The van der Waals surface area contributed by atoms with E-state index in [0.29, 0.717) is 13.2 Å². The maximum atomic E-state index is 6.63. The van der Waals surface area contributed by atoms with Crippen LogP contribution in [0.3, 0.4) is 0 Å². The Morgan fingerprint density at radius 1 is 0.614 bits per heavy atom. The van der Waals surface area contributed by atoms with Crippen molar-refractivity contribution in [2.45, 2.75) is 13.3 Å². The second kappa shape index (κ2) is 14.5. The van der Waals surface area contributed by atoms with Gasteiger partial charge in [0.1, 0.15) is 11.5 Å². The second-order valence-corrected chi connectivity index (χ2v) is 15.0. The smallest absolute Gasteiger partial charge is 0.127 e. The third-order valence-corrected chi connectivity index (χ3v) is 12.6. The zero-order chi connectivity index (χ0) is 30.1. The topological polar surface area (TPSA) is 18.5 Å². The summed E-state index contributed by atoms with van der Waals surface area (Å²) in [6.45, 7) is 7.54. The fourth-order valence-corrected chi connectivity index (χ4v) is 10.6. The van der Waals surface area contributed by atoms with Gasteiger partial charge in [-0.1, -0.05) is 146 Å². The number of fused-ring (bicyclic) bond motifs is 1. The zero-order valence-corrected chi connectivity index (χ0v) is 26.8. The molecule has 0 aliphatic carbocycles. The molecule has 5 aromatic carbocycles. The van der Waals surface area contributed by atoms with E-state index in [0.717, 1.165) is 29.1 Å². The lowest BCUT2D eigenvalue weighted by molar-refractivity contribution is 0.198. The zero-order valence-electron chi connectivity index (χ0n) is 25.0. The van der Waals surface area contributed by atoms with Gasteiger partial charge in [0.25, 0.3) is 0 Å². The number of ether oxygens (including phenoxy) is 2. The Morgan fingerprint density at radius 2 is 1.11 bits per heavy atom. The molecule has 4 heteroatoms. The number of allylic oxidation sites excluding steroid dienone is 4. The van der Waals surface area contributed by atoms with E-state index in [4.69, 9.17) is 9.47 Å². The maximum absolute atomic E-state index is 6.63. The lowest BCUT2D eigenvalue weighted by atomic mass is 10.0. The van der Waals surface area contributed by atoms with Crippen molar-refractivity contribution in [2.24, 2.45) is 0 Å². The van der Waals surface area contributed by atoms with E-state index in [1.807, 2.05) is 12.2 Å². The molecule has 0 atom stereocenters. The van der Waals surface area contributed by atoms with Gasteiger partial charge >= 0.3 is 0 Å². The molecule has 6 rings (SSSR count). The molecule has 0 saturated carbocycles. The van der Waals surface area contributed by atoms with Crippen LogP contribution < -0.4 is 31.3 Å². The fraction of sp³-hybridized carbons (Fsp3) is 0.100. The minimum Gasteiger partial charge on any atom is -0.493 e. The highest BCUT2D eigenvalue weighted by Crippen LogP contribution is 2.51. The molecule has 1 aliphatic heterocycles. The summed E-state index contributed by atoms with van der Waals surface area (Å²) in [5, 5.41) is 7.70. The molecule has 0 unspecified atom stereocenters. The Hall–Kier alpha value is -4.22. The molecule has 0 bridgehead atoms. The molecule has 0 amide bonds. The highest BCUT2D eigenvalue weighted by molar-refractivity contribution is 7.80. The van der Waals surface area contributed by atoms with E-state index in [9.17, 15) is 0 Å². The van der Waals surface area contributed by atoms with Crippen LogP contribution in [-0.4, -0.2) is 13.2 Å². The molecule has 1 heterocycles. The number of benzene rings is 5. The molecule has 0 fully saturated rings. The summed E-state index contributed by atoms with van der Waals surface area (Å²) in [6, 6.07) is 50.0. The molecule has 44 heavy (non-hydrogen) atoms. The van der Waals surface area contributed by atoms with E-state index in [1.54, 1.807) is 0 Å². The van der Waals surface area contributed by atoms with Crippen LogP contribution in [0.1, 0.15) is 18.9 Å². The van der Waals surface area contributed by atoms with Crippen LogP contribution in [-0.2, 0) is 4.74 Å². The van der Waals surface area contributed by atoms with Gasteiger partial charge in [-0.05, 0) is 66.7 Å². The summed E-state index contributed by atoms with van der Waals surface area (Å²) in [7, 11) is -1.80. The summed E-state index contributed by atoms with van der Waals surface area (Å²) in [6.07, 6.45) is 4.67.